The van der Waals surface area contributed by atoms with Crippen LogP contribution < -0.4 is 0 Å². The van der Waals surface area contributed by atoms with Gasteiger partial charge in [-0.2, -0.15) is 0 Å². The highest BCUT2D eigenvalue weighted by atomic mass is 35.5. The molecule has 0 aliphatic rings. The van der Waals surface area contributed by atoms with Gasteiger partial charge in [-0.05, 0) is 35.7 Å². The topological polar surface area (TPSA) is 43.6 Å². The van der Waals surface area contributed by atoms with Gasteiger partial charge in [0.15, 0.2) is 11.0 Å². The van der Waals surface area contributed by atoms with Crippen LogP contribution in [0.5, 0.6) is 0 Å². The highest BCUT2D eigenvalue weighted by molar-refractivity contribution is 7.98. The van der Waals surface area contributed by atoms with Crippen LogP contribution in [0.3, 0.4) is 0 Å². The fraction of sp³-hybridized carbons (Fsp3) is 0.278. The number of aromatic nitrogens is 4. The number of hydrogen-bond donors (Lipinski definition) is 0. The highest BCUT2D eigenvalue weighted by Crippen LogP contribution is 2.30. The van der Waals surface area contributed by atoms with E-state index in [2.05, 4.69) is 33.6 Å². The number of halogens is 2. The third-order valence-corrected chi connectivity index (χ3v) is 5.18. The zero-order valence-electron chi connectivity index (χ0n) is 14.0. The van der Waals surface area contributed by atoms with Gasteiger partial charge >= 0.3 is 0 Å². The van der Waals surface area contributed by atoms with Crippen LogP contribution in [-0.4, -0.2) is 19.7 Å². The Hall–Kier alpha value is -1.56. The Morgan fingerprint density at radius 1 is 1.08 bits per heavy atom. The number of hydrogen-bond acceptors (Lipinski definition) is 4. The fourth-order valence-electron chi connectivity index (χ4n) is 2.42. The van der Waals surface area contributed by atoms with Crippen LogP contribution in [0.15, 0.2) is 47.9 Å². The first-order valence-corrected chi connectivity index (χ1v) is 9.69. The number of pyridine rings is 1. The van der Waals surface area contributed by atoms with Gasteiger partial charge in [-0.1, -0.05) is 54.9 Å². The van der Waals surface area contributed by atoms with E-state index in [0.29, 0.717) is 21.7 Å². The summed E-state index contributed by atoms with van der Waals surface area (Å²) in [6.07, 6.45) is 3.54. The summed E-state index contributed by atoms with van der Waals surface area (Å²) >= 11 is 13.9. The molecule has 3 rings (SSSR count). The van der Waals surface area contributed by atoms with E-state index in [9.17, 15) is 0 Å². The number of rotatable bonds is 6. The van der Waals surface area contributed by atoms with Gasteiger partial charge in [-0.3, -0.25) is 4.98 Å². The Balaban J connectivity index is 1.87. The molecule has 0 radical (unpaired) electrons. The average Bonchev–Trinajstić information content (AvgIpc) is 2.97. The first-order chi connectivity index (χ1) is 12.0. The number of benzene rings is 1. The molecule has 3 aromatic rings. The molecule has 0 unspecified atom stereocenters. The molecule has 0 saturated heterocycles. The van der Waals surface area contributed by atoms with Crippen molar-refractivity contribution in [3.05, 3.63) is 58.3 Å². The van der Waals surface area contributed by atoms with E-state index in [0.717, 1.165) is 28.7 Å². The van der Waals surface area contributed by atoms with Crippen molar-refractivity contribution in [1.29, 1.82) is 0 Å². The second-order valence-electron chi connectivity index (χ2n) is 6.07. The largest absolute Gasteiger partial charge is 0.302 e. The summed E-state index contributed by atoms with van der Waals surface area (Å²) in [5, 5.41) is 11.0. The van der Waals surface area contributed by atoms with E-state index in [-0.39, 0.29) is 0 Å². The van der Waals surface area contributed by atoms with Crippen LogP contribution in [-0.2, 0) is 12.3 Å². The van der Waals surface area contributed by atoms with Crippen LogP contribution in [0.4, 0.5) is 0 Å². The Morgan fingerprint density at radius 2 is 1.84 bits per heavy atom. The van der Waals surface area contributed by atoms with E-state index in [1.807, 2.05) is 24.3 Å². The summed E-state index contributed by atoms with van der Waals surface area (Å²) < 4.78 is 2.16. The van der Waals surface area contributed by atoms with Crippen molar-refractivity contribution >= 4 is 35.0 Å². The predicted octanol–water partition coefficient (Wildman–Crippen LogP) is 5.60. The third-order valence-electron chi connectivity index (χ3n) is 3.57. The first kappa shape index (κ1) is 18.2. The van der Waals surface area contributed by atoms with Gasteiger partial charge in [0.25, 0.3) is 0 Å². The molecular formula is C18H18Cl2N4S. The van der Waals surface area contributed by atoms with Crippen LogP contribution in [0.25, 0.3) is 11.4 Å². The van der Waals surface area contributed by atoms with E-state index < -0.39 is 0 Å². The normalized spacial score (nSPS) is 11.2. The van der Waals surface area contributed by atoms with Crippen molar-refractivity contribution < 1.29 is 0 Å². The summed E-state index contributed by atoms with van der Waals surface area (Å²) in [4.78, 5) is 4.07. The third kappa shape index (κ3) is 4.54. The number of thioether (sulfide) groups is 1. The molecule has 25 heavy (non-hydrogen) atoms. The predicted molar refractivity (Wildman–Crippen MR) is 104 cm³/mol. The second kappa shape index (κ2) is 8.21. The SMILES string of the molecule is CC(C)Cn1c(SCc2ccc(Cl)cc2Cl)nnc1-c1ccncc1. The molecule has 0 aliphatic carbocycles. The zero-order chi connectivity index (χ0) is 17.8. The van der Waals surface area contributed by atoms with Gasteiger partial charge in [-0.15, -0.1) is 10.2 Å². The van der Waals surface area contributed by atoms with Crippen molar-refractivity contribution in [3.8, 4) is 11.4 Å². The van der Waals surface area contributed by atoms with Gasteiger partial charge in [0.05, 0.1) is 0 Å². The molecule has 4 nitrogen and oxygen atoms in total. The van der Waals surface area contributed by atoms with Crippen LogP contribution in [0, 0.1) is 5.92 Å². The summed E-state index contributed by atoms with van der Waals surface area (Å²) in [5.74, 6) is 2.05. The Morgan fingerprint density at radius 3 is 2.52 bits per heavy atom. The van der Waals surface area contributed by atoms with Crippen molar-refractivity contribution in [2.24, 2.45) is 5.92 Å². The minimum atomic E-state index is 0.482. The maximum atomic E-state index is 6.27. The second-order valence-corrected chi connectivity index (χ2v) is 7.86. The summed E-state index contributed by atoms with van der Waals surface area (Å²) in [6.45, 7) is 5.21. The molecule has 0 amide bonds. The van der Waals surface area contributed by atoms with Gasteiger partial charge in [0.1, 0.15) is 0 Å². The lowest BCUT2D eigenvalue weighted by atomic mass is 10.2. The maximum absolute atomic E-state index is 6.27. The van der Waals surface area contributed by atoms with E-state index in [4.69, 9.17) is 23.2 Å². The Kier molecular flexibility index (Phi) is 5.99. The molecule has 0 N–H and O–H groups in total. The molecule has 1 aromatic carbocycles. The van der Waals surface area contributed by atoms with Crippen molar-refractivity contribution in [1.82, 2.24) is 19.7 Å². The van der Waals surface area contributed by atoms with Crippen molar-refractivity contribution in [3.63, 3.8) is 0 Å². The highest BCUT2D eigenvalue weighted by Gasteiger charge is 2.16. The van der Waals surface area contributed by atoms with E-state index in [1.54, 1.807) is 30.2 Å². The average molecular weight is 393 g/mol. The monoisotopic (exact) mass is 392 g/mol. The lowest BCUT2D eigenvalue weighted by Crippen LogP contribution is -2.08. The Bertz CT molecular complexity index is 850. The lowest BCUT2D eigenvalue weighted by molar-refractivity contribution is 0.498. The first-order valence-electron chi connectivity index (χ1n) is 7.95. The minimum Gasteiger partial charge on any atom is -0.302 e. The quantitative estimate of drug-likeness (QED) is 0.512. The Labute approximate surface area is 161 Å². The molecule has 0 spiro atoms. The van der Waals surface area contributed by atoms with Crippen LogP contribution >= 0.6 is 35.0 Å². The fourth-order valence-corrected chi connectivity index (χ4v) is 3.93. The van der Waals surface area contributed by atoms with Crippen LogP contribution in [0.2, 0.25) is 10.0 Å². The minimum absolute atomic E-state index is 0.482. The molecule has 2 aromatic heterocycles. The molecular weight excluding hydrogens is 375 g/mol. The maximum Gasteiger partial charge on any atom is 0.191 e. The lowest BCUT2D eigenvalue weighted by Gasteiger charge is -2.12. The molecule has 0 bridgehead atoms. The molecule has 0 aliphatic heterocycles. The zero-order valence-corrected chi connectivity index (χ0v) is 16.3. The van der Waals surface area contributed by atoms with Gasteiger partial charge in [0.2, 0.25) is 0 Å². The van der Waals surface area contributed by atoms with Crippen molar-refractivity contribution in [2.75, 3.05) is 0 Å². The van der Waals surface area contributed by atoms with Crippen LogP contribution in [0.1, 0.15) is 19.4 Å². The van der Waals surface area contributed by atoms with Gasteiger partial charge < -0.3 is 4.57 Å². The molecule has 0 atom stereocenters. The van der Waals surface area contributed by atoms with E-state index >= 15 is 0 Å². The van der Waals surface area contributed by atoms with E-state index in [1.165, 1.54) is 0 Å². The molecule has 7 heteroatoms. The standard InChI is InChI=1S/C18H18Cl2N4S/c1-12(2)10-24-17(13-5-7-21-8-6-13)22-23-18(24)25-11-14-3-4-15(19)9-16(14)20/h3-9,12H,10-11H2,1-2H3. The van der Waals surface area contributed by atoms with Gasteiger partial charge in [0, 0.05) is 40.3 Å². The summed E-state index contributed by atoms with van der Waals surface area (Å²) in [5.41, 5.74) is 2.04. The molecule has 0 saturated carbocycles. The molecule has 2 heterocycles. The molecule has 130 valence electrons. The smallest absolute Gasteiger partial charge is 0.191 e. The van der Waals surface area contributed by atoms with Gasteiger partial charge in [-0.25, -0.2) is 0 Å². The number of nitrogens with zero attached hydrogens (tertiary/aromatic N) is 4. The summed E-state index contributed by atoms with van der Waals surface area (Å²) in [7, 11) is 0. The van der Waals surface area contributed by atoms with Crippen molar-refractivity contribution in [2.45, 2.75) is 31.3 Å². The summed E-state index contributed by atoms with van der Waals surface area (Å²) in [6, 6.07) is 9.46. The molecule has 0 fully saturated rings.